The van der Waals surface area contributed by atoms with Crippen LogP contribution in [0.1, 0.15) is 5.69 Å². The van der Waals surface area contributed by atoms with E-state index in [1.54, 1.807) is 18.3 Å². The summed E-state index contributed by atoms with van der Waals surface area (Å²) in [5.41, 5.74) is 5.61. The van der Waals surface area contributed by atoms with Gasteiger partial charge in [0.05, 0.1) is 30.0 Å². The molecule has 6 nitrogen and oxygen atoms in total. The van der Waals surface area contributed by atoms with Crippen molar-refractivity contribution in [3.8, 4) is 28.3 Å². The van der Waals surface area contributed by atoms with Gasteiger partial charge in [0, 0.05) is 30.1 Å². The van der Waals surface area contributed by atoms with Crippen LogP contribution in [0, 0.1) is 6.92 Å². The van der Waals surface area contributed by atoms with Gasteiger partial charge in [0.15, 0.2) is 5.65 Å². The van der Waals surface area contributed by atoms with Gasteiger partial charge in [-0.2, -0.15) is 5.10 Å². The Morgan fingerprint density at radius 2 is 1.78 bits per heavy atom. The third-order valence-corrected chi connectivity index (χ3v) is 4.07. The zero-order valence-electron chi connectivity index (χ0n) is 12.8. The highest BCUT2D eigenvalue weighted by Crippen LogP contribution is 2.26. The number of benzene rings is 1. The van der Waals surface area contributed by atoms with Crippen LogP contribution >= 0.6 is 0 Å². The van der Waals surface area contributed by atoms with Gasteiger partial charge >= 0.3 is 0 Å². The number of hydrogen-bond acceptors (Lipinski definition) is 4. The predicted octanol–water partition coefficient (Wildman–Crippen LogP) is 2.81. The molecule has 0 spiro atoms. The van der Waals surface area contributed by atoms with E-state index in [2.05, 4.69) is 15.1 Å². The molecule has 0 atom stereocenters. The van der Waals surface area contributed by atoms with Gasteiger partial charge in [0.1, 0.15) is 5.75 Å². The Bertz CT molecular complexity index is 998. The van der Waals surface area contributed by atoms with Crippen LogP contribution in [0.4, 0.5) is 0 Å². The minimum absolute atomic E-state index is 0.246. The van der Waals surface area contributed by atoms with Crippen molar-refractivity contribution in [3.05, 3.63) is 54.7 Å². The van der Waals surface area contributed by atoms with E-state index in [0.29, 0.717) is 0 Å². The van der Waals surface area contributed by atoms with Crippen LogP contribution in [0.3, 0.4) is 0 Å². The van der Waals surface area contributed by atoms with Gasteiger partial charge in [-0.3, -0.25) is 14.1 Å². The molecule has 1 aromatic carbocycles. The van der Waals surface area contributed by atoms with E-state index in [1.807, 2.05) is 53.8 Å². The molecule has 4 aromatic rings. The van der Waals surface area contributed by atoms with Crippen molar-refractivity contribution >= 4 is 5.65 Å². The Kier molecular flexibility index (Phi) is 2.90. The Morgan fingerprint density at radius 1 is 1.00 bits per heavy atom. The first-order valence-electron chi connectivity index (χ1n) is 7.25. The average Bonchev–Trinajstić information content (AvgIpc) is 3.12. The van der Waals surface area contributed by atoms with Gasteiger partial charge in [0.25, 0.3) is 0 Å². The molecule has 0 fully saturated rings. The molecule has 4 rings (SSSR count). The molecule has 1 N–H and O–H groups in total. The third-order valence-electron chi connectivity index (χ3n) is 4.07. The number of fused-ring (bicyclic) bond motifs is 1. The van der Waals surface area contributed by atoms with Gasteiger partial charge in [-0.1, -0.05) is 0 Å². The number of aryl methyl sites for hydroxylation is 1. The maximum atomic E-state index is 9.45. The van der Waals surface area contributed by atoms with Crippen LogP contribution in [0.15, 0.2) is 49.1 Å². The number of aromatic nitrogens is 5. The summed E-state index contributed by atoms with van der Waals surface area (Å²) in [5, 5.41) is 13.7. The minimum Gasteiger partial charge on any atom is -0.508 e. The number of rotatable bonds is 2. The number of aromatic hydroxyl groups is 1. The van der Waals surface area contributed by atoms with Crippen molar-refractivity contribution in [2.75, 3.05) is 0 Å². The smallest absolute Gasteiger partial charge is 0.155 e. The molecule has 0 bridgehead atoms. The van der Waals surface area contributed by atoms with Crippen molar-refractivity contribution in [2.45, 2.75) is 6.92 Å². The van der Waals surface area contributed by atoms with E-state index in [0.717, 1.165) is 33.9 Å². The van der Waals surface area contributed by atoms with E-state index in [4.69, 9.17) is 0 Å². The van der Waals surface area contributed by atoms with E-state index in [-0.39, 0.29) is 5.75 Å². The lowest BCUT2D eigenvalue weighted by atomic mass is 10.1. The normalized spacial score (nSPS) is 11.2. The molecule has 3 heterocycles. The largest absolute Gasteiger partial charge is 0.508 e. The Balaban J connectivity index is 1.89. The summed E-state index contributed by atoms with van der Waals surface area (Å²) in [4.78, 5) is 8.89. The summed E-state index contributed by atoms with van der Waals surface area (Å²) < 4.78 is 3.83. The molecule has 6 heteroatoms. The highest BCUT2D eigenvalue weighted by atomic mass is 16.3. The minimum atomic E-state index is 0.246. The molecule has 0 saturated carbocycles. The molecular formula is C17H15N5O. The van der Waals surface area contributed by atoms with Crippen LogP contribution in [0.25, 0.3) is 28.2 Å². The SMILES string of the molecule is Cc1c(-c2cn3c(-c4ccc(O)cc4)cnc3cn2)cnn1C. The van der Waals surface area contributed by atoms with Crippen molar-refractivity contribution < 1.29 is 5.11 Å². The zero-order chi connectivity index (χ0) is 16.0. The maximum absolute atomic E-state index is 9.45. The average molecular weight is 305 g/mol. The van der Waals surface area contributed by atoms with E-state index < -0.39 is 0 Å². The number of phenols is 1. The summed E-state index contributed by atoms with van der Waals surface area (Å²) in [6.07, 6.45) is 7.35. The van der Waals surface area contributed by atoms with Crippen molar-refractivity contribution in [3.63, 3.8) is 0 Å². The molecule has 3 aromatic heterocycles. The number of nitrogens with zero attached hydrogens (tertiary/aromatic N) is 5. The fourth-order valence-electron chi connectivity index (χ4n) is 2.62. The second kappa shape index (κ2) is 4.95. The second-order valence-electron chi connectivity index (χ2n) is 5.46. The predicted molar refractivity (Wildman–Crippen MR) is 87.0 cm³/mol. The van der Waals surface area contributed by atoms with Crippen molar-refractivity contribution in [1.29, 1.82) is 0 Å². The van der Waals surface area contributed by atoms with Gasteiger partial charge in [0.2, 0.25) is 0 Å². The van der Waals surface area contributed by atoms with Gasteiger partial charge in [-0.05, 0) is 31.2 Å². The van der Waals surface area contributed by atoms with E-state index in [1.165, 1.54) is 0 Å². The molecule has 0 saturated heterocycles. The zero-order valence-corrected chi connectivity index (χ0v) is 12.8. The van der Waals surface area contributed by atoms with E-state index in [9.17, 15) is 5.11 Å². The number of phenolic OH excluding ortho intramolecular Hbond substituents is 1. The monoisotopic (exact) mass is 305 g/mol. The lowest BCUT2D eigenvalue weighted by molar-refractivity contribution is 0.475. The van der Waals surface area contributed by atoms with Gasteiger partial charge < -0.3 is 5.11 Å². The molecule has 0 radical (unpaired) electrons. The summed E-state index contributed by atoms with van der Waals surface area (Å²) in [5.74, 6) is 0.246. The first kappa shape index (κ1) is 13.5. The summed E-state index contributed by atoms with van der Waals surface area (Å²) in [7, 11) is 1.91. The van der Waals surface area contributed by atoms with Crippen molar-refractivity contribution in [1.82, 2.24) is 24.1 Å². The molecule has 23 heavy (non-hydrogen) atoms. The molecule has 0 aliphatic rings. The first-order chi connectivity index (χ1) is 11.1. The topological polar surface area (TPSA) is 68.2 Å². The standard InChI is InChI=1S/C17H15N5O/c1-11-14(7-20-21(11)2)15-10-22-16(8-19-17(22)9-18-15)12-3-5-13(23)6-4-12/h3-10,23H,1-2H3. The Labute approximate surface area is 132 Å². The molecule has 0 aliphatic heterocycles. The molecule has 0 amide bonds. The second-order valence-corrected chi connectivity index (χ2v) is 5.46. The van der Waals surface area contributed by atoms with Crippen LogP contribution in [-0.4, -0.2) is 29.3 Å². The highest BCUT2D eigenvalue weighted by Gasteiger charge is 2.11. The summed E-state index contributed by atoms with van der Waals surface area (Å²) in [6.45, 7) is 2.02. The van der Waals surface area contributed by atoms with Gasteiger partial charge in [-0.25, -0.2) is 4.98 Å². The molecular weight excluding hydrogens is 290 g/mol. The van der Waals surface area contributed by atoms with E-state index >= 15 is 0 Å². The third kappa shape index (κ3) is 2.15. The van der Waals surface area contributed by atoms with Crippen LogP contribution < -0.4 is 0 Å². The fourth-order valence-corrected chi connectivity index (χ4v) is 2.62. The lowest BCUT2D eigenvalue weighted by Crippen LogP contribution is -1.95. The summed E-state index contributed by atoms with van der Waals surface area (Å²) in [6, 6.07) is 7.08. The molecule has 114 valence electrons. The first-order valence-corrected chi connectivity index (χ1v) is 7.25. The van der Waals surface area contributed by atoms with Crippen LogP contribution in [-0.2, 0) is 7.05 Å². The van der Waals surface area contributed by atoms with Crippen molar-refractivity contribution in [2.24, 2.45) is 7.05 Å². The quantitative estimate of drug-likeness (QED) is 0.618. The Hall–Kier alpha value is -3.15. The fraction of sp³-hybridized carbons (Fsp3) is 0.118. The van der Waals surface area contributed by atoms with Crippen LogP contribution in [0.2, 0.25) is 0 Å². The molecule has 0 aliphatic carbocycles. The Morgan fingerprint density at radius 3 is 2.48 bits per heavy atom. The lowest BCUT2D eigenvalue weighted by Gasteiger charge is -2.05. The highest BCUT2D eigenvalue weighted by molar-refractivity contribution is 5.67. The summed E-state index contributed by atoms with van der Waals surface area (Å²) >= 11 is 0. The number of hydrogen-bond donors (Lipinski definition) is 1. The molecule has 0 unspecified atom stereocenters. The maximum Gasteiger partial charge on any atom is 0.155 e. The number of imidazole rings is 1. The van der Waals surface area contributed by atoms with Crippen LogP contribution in [0.5, 0.6) is 5.75 Å². The van der Waals surface area contributed by atoms with Gasteiger partial charge in [-0.15, -0.1) is 0 Å².